The van der Waals surface area contributed by atoms with E-state index in [0.717, 1.165) is 22.4 Å². The average Bonchev–Trinajstić information content (AvgIpc) is 2.90. The van der Waals surface area contributed by atoms with Gasteiger partial charge >= 0.3 is 0 Å². The van der Waals surface area contributed by atoms with Gasteiger partial charge in [-0.2, -0.15) is 0 Å². The maximum absolute atomic E-state index is 12.1. The molecule has 0 radical (unpaired) electrons. The van der Waals surface area contributed by atoms with E-state index in [0.29, 0.717) is 18.0 Å². The van der Waals surface area contributed by atoms with Gasteiger partial charge in [0.1, 0.15) is 5.82 Å². The average molecular weight is 308 g/mol. The molecule has 0 aliphatic heterocycles. The maximum Gasteiger partial charge on any atom is 0.253 e. The molecule has 1 amide bonds. The molecule has 1 aromatic carbocycles. The molecule has 2 heterocycles. The van der Waals surface area contributed by atoms with Crippen molar-refractivity contribution in [1.82, 2.24) is 19.9 Å². The minimum absolute atomic E-state index is 0.123. The van der Waals surface area contributed by atoms with E-state index in [-0.39, 0.29) is 5.91 Å². The number of nitrogens with zero attached hydrogens (tertiary/aromatic N) is 3. The Balaban J connectivity index is 1.77. The van der Waals surface area contributed by atoms with Gasteiger partial charge in [-0.15, -0.1) is 0 Å². The third-order valence-corrected chi connectivity index (χ3v) is 3.87. The second kappa shape index (κ2) is 6.20. The van der Waals surface area contributed by atoms with Crippen molar-refractivity contribution < 1.29 is 4.79 Å². The van der Waals surface area contributed by atoms with Crippen LogP contribution >= 0.6 is 0 Å². The topological polar surface area (TPSA) is 59.8 Å². The van der Waals surface area contributed by atoms with Crippen LogP contribution in [0, 0.1) is 0 Å². The zero-order chi connectivity index (χ0) is 16.4. The number of hydrogen-bond acceptors (Lipinski definition) is 3. The molecule has 5 heteroatoms. The van der Waals surface area contributed by atoms with Crippen LogP contribution in [-0.2, 0) is 13.6 Å². The van der Waals surface area contributed by atoms with Crippen LogP contribution in [0.4, 0.5) is 0 Å². The van der Waals surface area contributed by atoms with E-state index in [9.17, 15) is 4.79 Å². The number of aryl methyl sites for hydroxylation is 1. The van der Waals surface area contributed by atoms with Crippen LogP contribution in [0.2, 0.25) is 0 Å². The third-order valence-electron chi connectivity index (χ3n) is 3.87. The van der Waals surface area contributed by atoms with E-state index in [1.807, 2.05) is 19.2 Å². The fourth-order valence-corrected chi connectivity index (χ4v) is 2.67. The molecule has 3 aromatic rings. The summed E-state index contributed by atoms with van der Waals surface area (Å²) in [6, 6.07) is 9.61. The molecule has 2 aromatic heterocycles. The van der Waals surface area contributed by atoms with Crippen molar-refractivity contribution in [2.45, 2.75) is 26.3 Å². The fraction of sp³-hybridized carbons (Fsp3) is 0.278. The first kappa shape index (κ1) is 15.2. The van der Waals surface area contributed by atoms with Crippen LogP contribution in [-0.4, -0.2) is 20.4 Å². The van der Waals surface area contributed by atoms with Gasteiger partial charge in [-0.05, 0) is 29.8 Å². The number of nitrogens with one attached hydrogen (secondary N) is 1. The van der Waals surface area contributed by atoms with Crippen LogP contribution in [0.25, 0.3) is 11.0 Å². The predicted molar refractivity (Wildman–Crippen MR) is 90.2 cm³/mol. The first-order chi connectivity index (χ1) is 11.1. The molecule has 3 rings (SSSR count). The molecule has 118 valence electrons. The summed E-state index contributed by atoms with van der Waals surface area (Å²) < 4.78 is 2.12. The Morgan fingerprint density at radius 1 is 1.30 bits per heavy atom. The second-order valence-electron chi connectivity index (χ2n) is 5.93. The molecule has 0 bridgehead atoms. The molecular weight excluding hydrogens is 288 g/mol. The molecule has 0 atom stereocenters. The molecule has 0 aliphatic carbocycles. The summed E-state index contributed by atoms with van der Waals surface area (Å²) in [6.07, 6.45) is 3.21. The number of benzene rings is 1. The maximum atomic E-state index is 12.1. The predicted octanol–water partition coefficient (Wildman–Crippen LogP) is 3.02. The van der Waals surface area contributed by atoms with Gasteiger partial charge in [0, 0.05) is 31.9 Å². The van der Waals surface area contributed by atoms with Gasteiger partial charge in [0.05, 0.1) is 16.6 Å². The van der Waals surface area contributed by atoms with Crippen molar-refractivity contribution in [1.29, 1.82) is 0 Å². The summed E-state index contributed by atoms with van der Waals surface area (Å²) in [4.78, 5) is 20.7. The third kappa shape index (κ3) is 3.08. The zero-order valence-corrected chi connectivity index (χ0v) is 13.6. The Kier molecular flexibility index (Phi) is 4.10. The van der Waals surface area contributed by atoms with Crippen molar-refractivity contribution in [2.75, 3.05) is 0 Å². The van der Waals surface area contributed by atoms with Crippen molar-refractivity contribution in [3.05, 3.63) is 59.7 Å². The van der Waals surface area contributed by atoms with E-state index in [4.69, 9.17) is 4.98 Å². The number of aromatic nitrogens is 3. The number of fused-ring (bicyclic) bond motifs is 1. The molecule has 0 saturated heterocycles. The van der Waals surface area contributed by atoms with Crippen LogP contribution in [0.3, 0.4) is 0 Å². The normalized spacial score (nSPS) is 11.1. The standard InChI is InChI=1S/C18H20N4O/c1-12(2)17-21-15-9-13(6-7-16(15)22(17)3)10-20-18(23)14-5-4-8-19-11-14/h4-9,11-12H,10H2,1-3H3,(H,20,23). The molecule has 1 N–H and O–H groups in total. The summed E-state index contributed by atoms with van der Waals surface area (Å²) in [5.41, 5.74) is 3.66. The fourth-order valence-electron chi connectivity index (χ4n) is 2.67. The Labute approximate surface area is 135 Å². The molecule has 0 fully saturated rings. The number of pyridine rings is 1. The number of rotatable bonds is 4. The first-order valence-corrected chi connectivity index (χ1v) is 7.69. The lowest BCUT2D eigenvalue weighted by Gasteiger charge is -2.06. The molecule has 0 spiro atoms. The van der Waals surface area contributed by atoms with Gasteiger partial charge in [-0.25, -0.2) is 4.98 Å². The SMILES string of the molecule is CC(C)c1nc2cc(CNC(=O)c3cccnc3)ccc2n1C. The Morgan fingerprint density at radius 3 is 2.83 bits per heavy atom. The second-order valence-corrected chi connectivity index (χ2v) is 5.93. The van der Waals surface area contributed by atoms with Crippen LogP contribution in [0.5, 0.6) is 0 Å². The molecule has 5 nitrogen and oxygen atoms in total. The Hall–Kier alpha value is -2.69. The van der Waals surface area contributed by atoms with Crippen molar-refractivity contribution in [2.24, 2.45) is 7.05 Å². The van der Waals surface area contributed by atoms with Crippen molar-refractivity contribution in [3.8, 4) is 0 Å². The van der Waals surface area contributed by atoms with Crippen LogP contribution in [0.15, 0.2) is 42.7 Å². The summed E-state index contributed by atoms with van der Waals surface area (Å²) >= 11 is 0. The highest BCUT2D eigenvalue weighted by Crippen LogP contribution is 2.21. The van der Waals surface area contributed by atoms with E-state index in [1.54, 1.807) is 24.5 Å². The van der Waals surface area contributed by atoms with Gasteiger partial charge < -0.3 is 9.88 Å². The van der Waals surface area contributed by atoms with Gasteiger partial charge in [0.2, 0.25) is 0 Å². The number of carbonyl (C=O) groups is 1. The van der Waals surface area contributed by atoms with Gasteiger partial charge in [-0.1, -0.05) is 19.9 Å². The highest BCUT2D eigenvalue weighted by atomic mass is 16.1. The molecule has 23 heavy (non-hydrogen) atoms. The van der Waals surface area contributed by atoms with Crippen LogP contribution < -0.4 is 5.32 Å². The highest BCUT2D eigenvalue weighted by Gasteiger charge is 2.11. The van der Waals surface area contributed by atoms with Crippen molar-refractivity contribution >= 4 is 16.9 Å². The molecule has 0 saturated carbocycles. The van der Waals surface area contributed by atoms with E-state index < -0.39 is 0 Å². The van der Waals surface area contributed by atoms with Gasteiger partial charge in [-0.3, -0.25) is 9.78 Å². The van der Waals surface area contributed by atoms with Gasteiger partial charge in [0.15, 0.2) is 0 Å². The lowest BCUT2D eigenvalue weighted by molar-refractivity contribution is 0.0950. The number of imidazole rings is 1. The van der Waals surface area contributed by atoms with E-state index in [1.165, 1.54) is 0 Å². The molecule has 0 unspecified atom stereocenters. The Morgan fingerprint density at radius 2 is 2.13 bits per heavy atom. The first-order valence-electron chi connectivity index (χ1n) is 7.69. The minimum atomic E-state index is -0.123. The largest absolute Gasteiger partial charge is 0.348 e. The zero-order valence-electron chi connectivity index (χ0n) is 13.6. The number of carbonyl (C=O) groups excluding carboxylic acids is 1. The van der Waals surface area contributed by atoms with E-state index in [2.05, 4.69) is 34.8 Å². The number of hydrogen-bond donors (Lipinski definition) is 1. The number of amides is 1. The van der Waals surface area contributed by atoms with E-state index >= 15 is 0 Å². The van der Waals surface area contributed by atoms with Crippen molar-refractivity contribution in [3.63, 3.8) is 0 Å². The molecule has 0 aliphatic rings. The smallest absolute Gasteiger partial charge is 0.253 e. The lowest BCUT2D eigenvalue weighted by Crippen LogP contribution is -2.22. The minimum Gasteiger partial charge on any atom is -0.348 e. The quantitative estimate of drug-likeness (QED) is 0.806. The highest BCUT2D eigenvalue weighted by molar-refractivity contribution is 5.93. The lowest BCUT2D eigenvalue weighted by atomic mass is 10.2. The molecular formula is C18H20N4O. The van der Waals surface area contributed by atoms with Gasteiger partial charge in [0.25, 0.3) is 5.91 Å². The summed E-state index contributed by atoms with van der Waals surface area (Å²) in [5, 5.41) is 2.91. The summed E-state index contributed by atoms with van der Waals surface area (Å²) in [6.45, 7) is 4.74. The van der Waals surface area contributed by atoms with Crippen LogP contribution in [0.1, 0.15) is 41.5 Å². The Bertz CT molecular complexity index is 837. The summed E-state index contributed by atoms with van der Waals surface area (Å²) in [5.74, 6) is 1.32. The summed E-state index contributed by atoms with van der Waals surface area (Å²) in [7, 11) is 2.04. The monoisotopic (exact) mass is 308 g/mol.